The van der Waals surface area contributed by atoms with E-state index in [4.69, 9.17) is 0 Å². The Kier molecular flexibility index (Phi) is 3.65. The van der Waals surface area contributed by atoms with Crippen molar-refractivity contribution >= 4 is 29.1 Å². The number of anilines is 2. The van der Waals surface area contributed by atoms with Crippen LogP contribution in [-0.2, 0) is 19.9 Å². The van der Waals surface area contributed by atoms with Gasteiger partial charge in [-0.05, 0) is 44.5 Å². The number of carbonyl (C=O) groups is 3. The predicted molar refractivity (Wildman–Crippen MR) is 116 cm³/mol. The maximum atomic E-state index is 14.0. The fraction of sp³-hybridized carbons (Fsp3) is 0.400. The highest BCUT2D eigenvalue weighted by Gasteiger charge is 2.78. The van der Waals surface area contributed by atoms with E-state index >= 15 is 0 Å². The molecule has 4 heterocycles. The summed E-state index contributed by atoms with van der Waals surface area (Å²) in [6.45, 7) is 6.74. The molecular formula is C25H26N3O3+. The van der Waals surface area contributed by atoms with Crippen LogP contribution < -0.4 is 15.1 Å². The SMILES string of the molecule is Cc1ccc(N2C(=O)[C@H]3[C@H]4CCC[NH+]4[C@@]4(C(=O)Nc5ccc(C)cc54)[C@H]3C2=O)c(C)c1. The van der Waals surface area contributed by atoms with E-state index in [9.17, 15) is 14.4 Å². The first-order valence-corrected chi connectivity index (χ1v) is 11.1. The Morgan fingerprint density at radius 2 is 1.74 bits per heavy atom. The van der Waals surface area contributed by atoms with Crippen LogP contribution in [0.2, 0.25) is 0 Å². The van der Waals surface area contributed by atoms with E-state index < -0.39 is 17.4 Å². The van der Waals surface area contributed by atoms with Gasteiger partial charge in [-0.2, -0.15) is 0 Å². The van der Waals surface area contributed by atoms with Crippen molar-refractivity contribution in [3.05, 3.63) is 58.7 Å². The number of hydrogen-bond acceptors (Lipinski definition) is 3. The van der Waals surface area contributed by atoms with Gasteiger partial charge in [0.1, 0.15) is 17.9 Å². The van der Waals surface area contributed by atoms with Crippen LogP contribution in [0.1, 0.15) is 35.1 Å². The first-order chi connectivity index (χ1) is 14.9. The maximum Gasteiger partial charge on any atom is 0.291 e. The number of fused-ring (bicyclic) bond motifs is 7. The number of nitrogens with one attached hydrogen (secondary N) is 2. The van der Waals surface area contributed by atoms with Crippen LogP contribution in [-0.4, -0.2) is 30.3 Å². The Morgan fingerprint density at radius 3 is 2.52 bits per heavy atom. The lowest BCUT2D eigenvalue weighted by Gasteiger charge is -2.33. The third kappa shape index (κ3) is 2.13. The van der Waals surface area contributed by atoms with Gasteiger partial charge in [-0.25, -0.2) is 4.90 Å². The number of rotatable bonds is 1. The average Bonchev–Trinajstić information content (AvgIpc) is 3.42. The van der Waals surface area contributed by atoms with Gasteiger partial charge in [0, 0.05) is 18.4 Å². The van der Waals surface area contributed by atoms with Crippen molar-refractivity contribution in [1.82, 2.24) is 0 Å². The molecule has 0 aliphatic carbocycles. The zero-order chi connectivity index (χ0) is 21.7. The second kappa shape index (κ2) is 6.04. The first-order valence-electron chi connectivity index (χ1n) is 11.1. The molecule has 6 rings (SSSR count). The molecule has 0 radical (unpaired) electrons. The summed E-state index contributed by atoms with van der Waals surface area (Å²) < 4.78 is 0. The molecule has 3 fully saturated rings. The van der Waals surface area contributed by atoms with Crippen molar-refractivity contribution in [1.29, 1.82) is 0 Å². The Balaban J connectivity index is 1.57. The van der Waals surface area contributed by atoms with Gasteiger partial charge in [0.15, 0.2) is 0 Å². The molecule has 1 unspecified atom stereocenters. The summed E-state index contributed by atoms with van der Waals surface area (Å²) in [6, 6.07) is 11.7. The minimum absolute atomic E-state index is 0.00517. The average molecular weight is 417 g/mol. The lowest BCUT2D eigenvalue weighted by atomic mass is 9.75. The molecule has 3 amide bonds. The molecule has 6 nitrogen and oxygen atoms in total. The van der Waals surface area contributed by atoms with Gasteiger partial charge in [0.25, 0.3) is 5.91 Å². The Hall–Kier alpha value is -2.99. The van der Waals surface area contributed by atoms with Crippen LogP contribution in [0.15, 0.2) is 36.4 Å². The van der Waals surface area contributed by atoms with Crippen molar-refractivity contribution in [3.8, 4) is 0 Å². The fourth-order valence-electron chi connectivity index (χ4n) is 6.87. The molecule has 1 spiro atoms. The van der Waals surface area contributed by atoms with E-state index in [0.29, 0.717) is 5.69 Å². The highest BCUT2D eigenvalue weighted by molar-refractivity contribution is 6.25. The molecule has 4 aliphatic heterocycles. The van der Waals surface area contributed by atoms with Gasteiger partial charge in [0.2, 0.25) is 17.4 Å². The largest absolute Gasteiger partial charge is 0.320 e. The lowest BCUT2D eigenvalue weighted by Crippen LogP contribution is -3.19. The number of aryl methyl sites for hydroxylation is 3. The minimum Gasteiger partial charge on any atom is -0.320 e. The molecule has 6 heteroatoms. The van der Waals surface area contributed by atoms with Crippen molar-refractivity contribution in [3.63, 3.8) is 0 Å². The molecule has 2 aromatic carbocycles. The number of imide groups is 1. The number of hydrogen-bond donors (Lipinski definition) is 2. The highest BCUT2D eigenvalue weighted by atomic mass is 16.2. The van der Waals surface area contributed by atoms with Gasteiger partial charge in [0.05, 0.1) is 17.9 Å². The van der Waals surface area contributed by atoms with Crippen LogP contribution >= 0.6 is 0 Å². The summed E-state index contributed by atoms with van der Waals surface area (Å²) in [5.41, 5.74) is 4.33. The molecule has 3 saturated heterocycles. The summed E-state index contributed by atoms with van der Waals surface area (Å²) in [7, 11) is 0. The highest BCUT2D eigenvalue weighted by Crippen LogP contribution is 2.52. The number of carbonyl (C=O) groups excluding carboxylic acids is 3. The van der Waals surface area contributed by atoms with Crippen molar-refractivity contribution in [2.24, 2.45) is 11.8 Å². The molecule has 2 N–H and O–H groups in total. The molecule has 5 atom stereocenters. The van der Waals surface area contributed by atoms with Gasteiger partial charge < -0.3 is 10.2 Å². The summed E-state index contributed by atoms with van der Waals surface area (Å²) in [6.07, 6.45) is 1.83. The van der Waals surface area contributed by atoms with E-state index in [2.05, 4.69) is 5.32 Å². The molecule has 158 valence electrons. The number of quaternary nitrogens is 1. The quantitative estimate of drug-likeness (QED) is 0.695. The molecule has 0 aromatic heterocycles. The summed E-state index contributed by atoms with van der Waals surface area (Å²) in [5.74, 6) is -1.62. The topological polar surface area (TPSA) is 70.9 Å². The zero-order valence-electron chi connectivity index (χ0n) is 18.0. The number of amides is 3. The minimum atomic E-state index is -1.02. The standard InChI is InChI=1S/C25H25N3O3/c1-13-7-9-18(15(3)11-13)28-22(29)20-19-5-4-10-27(19)25(21(20)23(28)30)16-12-14(2)6-8-17(16)26-24(25)31/h6-9,11-12,19-21H,4-5,10H2,1-3H3,(H,26,31)/p+1/t19-,20+,21-,25-/m1/s1. The monoisotopic (exact) mass is 416 g/mol. The van der Waals surface area contributed by atoms with Gasteiger partial charge in [-0.1, -0.05) is 29.3 Å². The van der Waals surface area contributed by atoms with Crippen molar-refractivity contribution in [2.45, 2.75) is 45.2 Å². The molecule has 0 saturated carbocycles. The van der Waals surface area contributed by atoms with Crippen LogP contribution in [0.3, 0.4) is 0 Å². The maximum absolute atomic E-state index is 14.0. The van der Waals surface area contributed by atoms with Crippen molar-refractivity contribution in [2.75, 3.05) is 16.8 Å². The molecule has 0 bridgehead atoms. The second-order valence-corrected chi connectivity index (χ2v) is 9.64. The van der Waals surface area contributed by atoms with Gasteiger partial charge >= 0.3 is 0 Å². The number of nitrogens with zero attached hydrogens (tertiary/aromatic N) is 1. The van der Waals surface area contributed by atoms with Crippen LogP contribution in [0.25, 0.3) is 0 Å². The lowest BCUT2D eigenvalue weighted by molar-refractivity contribution is -0.948. The summed E-state index contributed by atoms with van der Waals surface area (Å²) >= 11 is 0. The Morgan fingerprint density at radius 1 is 1.00 bits per heavy atom. The molecule has 4 aliphatic rings. The second-order valence-electron chi connectivity index (χ2n) is 9.64. The van der Waals surface area contributed by atoms with Gasteiger partial charge in [-0.3, -0.25) is 14.4 Å². The normalized spacial score (nSPS) is 33.1. The Bertz CT molecular complexity index is 1190. The number of benzene rings is 2. The molecular weight excluding hydrogens is 390 g/mol. The molecule has 2 aromatic rings. The zero-order valence-corrected chi connectivity index (χ0v) is 18.0. The first kappa shape index (κ1) is 18.8. The van der Waals surface area contributed by atoms with E-state index in [1.807, 2.05) is 57.2 Å². The van der Waals surface area contributed by atoms with E-state index in [0.717, 1.165) is 52.2 Å². The third-order valence-corrected chi connectivity index (χ3v) is 7.97. The predicted octanol–water partition coefficient (Wildman–Crippen LogP) is 1.63. The van der Waals surface area contributed by atoms with Crippen molar-refractivity contribution < 1.29 is 19.3 Å². The van der Waals surface area contributed by atoms with Gasteiger partial charge in [-0.15, -0.1) is 0 Å². The third-order valence-electron chi connectivity index (χ3n) is 7.97. The summed E-state index contributed by atoms with van der Waals surface area (Å²) in [4.78, 5) is 43.9. The van der Waals surface area contributed by atoms with Crippen LogP contribution in [0.4, 0.5) is 11.4 Å². The summed E-state index contributed by atoms with van der Waals surface area (Å²) in [5, 5.41) is 3.05. The van der Waals surface area contributed by atoms with Crippen LogP contribution in [0, 0.1) is 32.6 Å². The fourth-order valence-corrected chi connectivity index (χ4v) is 6.87. The molecule has 31 heavy (non-hydrogen) atoms. The Labute approximate surface area is 181 Å². The van der Waals surface area contributed by atoms with E-state index in [1.54, 1.807) is 0 Å². The van der Waals surface area contributed by atoms with Crippen LogP contribution in [0.5, 0.6) is 0 Å². The van der Waals surface area contributed by atoms with E-state index in [-0.39, 0.29) is 23.8 Å². The smallest absolute Gasteiger partial charge is 0.291 e. The van der Waals surface area contributed by atoms with E-state index in [1.165, 1.54) is 4.90 Å².